The van der Waals surface area contributed by atoms with Crippen LogP contribution < -0.4 is 5.43 Å². The standard InChI is InChI=1S/C14H11N3O5/c18-14(19)10-3-5-11(6-4-10)16-15-9-1-2-12-7-8-13(22-12)17(20)21/h1-9,16H,(H,18,19)/b2-1+,15-9-. The average Bonchev–Trinajstić information content (AvgIpc) is 2.96. The predicted molar refractivity (Wildman–Crippen MR) is 79.9 cm³/mol. The summed E-state index contributed by atoms with van der Waals surface area (Å²) in [5.41, 5.74) is 3.52. The van der Waals surface area contributed by atoms with E-state index in [2.05, 4.69) is 10.5 Å². The third-order valence-electron chi connectivity index (χ3n) is 2.54. The van der Waals surface area contributed by atoms with Crippen LogP contribution in [0.5, 0.6) is 0 Å². The normalized spacial score (nSPS) is 11.1. The maximum Gasteiger partial charge on any atom is 0.433 e. The zero-order valence-corrected chi connectivity index (χ0v) is 11.2. The first kappa shape index (κ1) is 15.0. The number of hydrazone groups is 1. The van der Waals surface area contributed by atoms with Crippen molar-refractivity contribution >= 4 is 29.8 Å². The molecule has 2 rings (SSSR count). The third-order valence-corrected chi connectivity index (χ3v) is 2.54. The van der Waals surface area contributed by atoms with Gasteiger partial charge in [0.05, 0.1) is 17.3 Å². The summed E-state index contributed by atoms with van der Waals surface area (Å²) in [6.45, 7) is 0. The minimum absolute atomic E-state index is 0.189. The molecule has 8 heteroatoms. The molecule has 2 N–H and O–H groups in total. The van der Waals surface area contributed by atoms with Crippen LogP contribution >= 0.6 is 0 Å². The number of benzene rings is 1. The molecule has 8 nitrogen and oxygen atoms in total. The first-order chi connectivity index (χ1) is 10.6. The molecule has 0 amide bonds. The second kappa shape index (κ2) is 6.84. The molecule has 0 atom stereocenters. The van der Waals surface area contributed by atoms with Gasteiger partial charge in [0, 0.05) is 6.21 Å². The monoisotopic (exact) mass is 301 g/mol. The number of carbonyl (C=O) groups is 1. The Morgan fingerprint density at radius 2 is 2.00 bits per heavy atom. The number of nitrogens with one attached hydrogen (secondary N) is 1. The Balaban J connectivity index is 1.88. The largest absolute Gasteiger partial charge is 0.478 e. The number of nitro groups is 1. The van der Waals surface area contributed by atoms with Crippen molar-refractivity contribution in [2.75, 3.05) is 5.43 Å². The summed E-state index contributed by atoms with van der Waals surface area (Å²) in [6.07, 6.45) is 4.49. The van der Waals surface area contributed by atoms with Gasteiger partial charge in [-0.2, -0.15) is 5.10 Å². The molecule has 0 fully saturated rings. The number of hydrogen-bond acceptors (Lipinski definition) is 6. The second-order valence-electron chi connectivity index (χ2n) is 4.06. The number of rotatable bonds is 6. The molecule has 2 aromatic rings. The molecule has 0 aliphatic carbocycles. The maximum absolute atomic E-state index is 10.7. The molecule has 1 aromatic carbocycles. The van der Waals surface area contributed by atoms with Gasteiger partial charge < -0.3 is 9.52 Å². The van der Waals surface area contributed by atoms with Crippen LogP contribution in [-0.4, -0.2) is 22.2 Å². The van der Waals surface area contributed by atoms with Gasteiger partial charge in [0.1, 0.15) is 10.7 Å². The fourth-order valence-electron chi connectivity index (χ4n) is 1.51. The van der Waals surface area contributed by atoms with Crippen LogP contribution in [0.2, 0.25) is 0 Å². The van der Waals surface area contributed by atoms with Crippen molar-refractivity contribution in [3.63, 3.8) is 0 Å². The quantitative estimate of drug-likeness (QED) is 0.481. The molecule has 0 saturated heterocycles. The highest BCUT2D eigenvalue weighted by Gasteiger charge is 2.09. The minimum Gasteiger partial charge on any atom is -0.478 e. The van der Waals surface area contributed by atoms with Gasteiger partial charge in [0.25, 0.3) is 0 Å². The first-order valence-electron chi connectivity index (χ1n) is 6.09. The highest BCUT2D eigenvalue weighted by molar-refractivity contribution is 5.88. The Kier molecular flexibility index (Phi) is 4.66. The highest BCUT2D eigenvalue weighted by Crippen LogP contribution is 2.16. The Morgan fingerprint density at radius 1 is 1.27 bits per heavy atom. The number of carboxylic acid groups (broad SMARTS) is 1. The summed E-state index contributed by atoms with van der Waals surface area (Å²) in [6, 6.07) is 8.82. The Hall–Kier alpha value is -3.42. The Bertz CT molecular complexity index is 731. The molecule has 1 aromatic heterocycles. The van der Waals surface area contributed by atoms with Gasteiger partial charge >= 0.3 is 11.9 Å². The lowest BCUT2D eigenvalue weighted by atomic mass is 10.2. The zero-order valence-electron chi connectivity index (χ0n) is 11.2. The van der Waals surface area contributed by atoms with Crippen LogP contribution in [0, 0.1) is 10.1 Å². The first-order valence-corrected chi connectivity index (χ1v) is 6.09. The van der Waals surface area contributed by atoms with Crippen molar-refractivity contribution in [2.45, 2.75) is 0 Å². The fraction of sp³-hybridized carbons (Fsp3) is 0. The lowest BCUT2D eigenvalue weighted by Gasteiger charge is -1.99. The van der Waals surface area contributed by atoms with Gasteiger partial charge in [0.2, 0.25) is 0 Å². The van der Waals surface area contributed by atoms with Gasteiger partial charge in [-0.1, -0.05) is 0 Å². The lowest BCUT2D eigenvalue weighted by Crippen LogP contribution is -1.96. The topological polar surface area (TPSA) is 118 Å². The zero-order chi connectivity index (χ0) is 15.9. The van der Waals surface area contributed by atoms with E-state index in [9.17, 15) is 14.9 Å². The minimum atomic E-state index is -0.995. The average molecular weight is 301 g/mol. The lowest BCUT2D eigenvalue weighted by molar-refractivity contribution is -0.402. The van der Waals surface area contributed by atoms with Crippen molar-refractivity contribution < 1.29 is 19.2 Å². The summed E-state index contributed by atoms with van der Waals surface area (Å²) in [5.74, 6) is -0.984. The fourth-order valence-corrected chi connectivity index (χ4v) is 1.51. The van der Waals surface area contributed by atoms with E-state index in [1.165, 1.54) is 36.6 Å². The molecule has 0 unspecified atom stereocenters. The highest BCUT2D eigenvalue weighted by atomic mass is 16.6. The number of furan rings is 1. The maximum atomic E-state index is 10.7. The van der Waals surface area contributed by atoms with Crippen LogP contribution in [0.4, 0.5) is 11.6 Å². The number of hydrogen-bond donors (Lipinski definition) is 2. The molecular weight excluding hydrogens is 290 g/mol. The van der Waals surface area contributed by atoms with Crippen LogP contribution in [-0.2, 0) is 0 Å². The third kappa shape index (κ3) is 4.04. The molecule has 112 valence electrons. The van der Waals surface area contributed by atoms with E-state index in [-0.39, 0.29) is 11.4 Å². The molecule has 0 saturated carbocycles. The van der Waals surface area contributed by atoms with E-state index in [4.69, 9.17) is 9.52 Å². The molecule has 0 aliphatic rings. The smallest absolute Gasteiger partial charge is 0.433 e. The number of carboxylic acids is 1. The summed E-state index contributed by atoms with van der Waals surface area (Å²) >= 11 is 0. The molecular formula is C14H11N3O5. The van der Waals surface area contributed by atoms with E-state index < -0.39 is 10.9 Å². The van der Waals surface area contributed by atoms with Crippen molar-refractivity contribution in [3.05, 3.63) is 63.9 Å². The van der Waals surface area contributed by atoms with Crippen LogP contribution in [0.1, 0.15) is 16.1 Å². The van der Waals surface area contributed by atoms with Gasteiger partial charge in [-0.05, 0) is 42.5 Å². The van der Waals surface area contributed by atoms with Crippen LogP contribution in [0.15, 0.2) is 52.0 Å². The summed E-state index contributed by atoms with van der Waals surface area (Å²) in [5, 5.41) is 23.1. The number of anilines is 1. The van der Waals surface area contributed by atoms with E-state index in [0.29, 0.717) is 11.4 Å². The van der Waals surface area contributed by atoms with Crippen LogP contribution in [0.25, 0.3) is 6.08 Å². The predicted octanol–water partition coefficient (Wildman–Crippen LogP) is 3.00. The second-order valence-corrected chi connectivity index (χ2v) is 4.06. The Morgan fingerprint density at radius 3 is 2.59 bits per heavy atom. The SMILES string of the molecule is O=C(O)c1ccc(N/N=C\C=C\c2ccc([N+](=O)[O-])o2)cc1. The Labute approximate surface area is 124 Å². The van der Waals surface area contributed by atoms with E-state index >= 15 is 0 Å². The van der Waals surface area contributed by atoms with Gasteiger partial charge in [-0.3, -0.25) is 15.5 Å². The number of aromatic carboxylic acids is 1. The molecule has 0 aliphatic heterocycles. The van der Waals surface area contributed by atoms with Crippen molar-refractivity contribution in [3.8, 4) is 0 Å². The van der Waals surface area contributed by atoms with Crippen molar-refractivity contribution in [1.82, 2.24) is 0 Å². The van der Waals surface area contributed by atoms with E-state index in [1.807, 2.05) is 0 Å². The van der Waals surface area contributed by atoms with Gasteiger partial charge in [-0.15, -0.1) is 0 Å². The summed E-state index contributed by atoms with van der Waals surface area (Å²) in [7, 11) is 0. The van der Waals surface area contributed by atoms with E-state index in [0.717, 1.165) is 0 Å². The van der Waals surface area contributed by atoms with Crippen molar-refractivity contribution in [1.29, 1.82) is 0 Å². The summed E-state index contributed by atoms with van der Waals surface area (Å²) in [4.78, 5) is 20.5. The number of nitrogens with zero attached hydrogens (tertiary/aromatic N) is 2. The summed E-state index contributed by atoms with van der Waals surface area (Å²) < 4.78 is 4.92. The molecule has 1 heterocycles. The number of allylic oxidation sites excluding steroid dienone is 1. The van der Waals surface area contributed by atoms with Crippen LogP contribution in [0.3, 0.4) is 0 Å². The van der Waals surface area contributed by atoms with Gasteiger partial charge in [0.15, 0.2) is 0 Å². The van der Waals surface area contributed by atoms with E-state index in [1.54, 1.807) is 18.2 Å². The molecule has 0 bridgehead atoms. The van der Waals surface area contributed by atoms with Gasteiger partial charge in [-0.25, -0.2) is 4.79 Å². The molecule has 0 spiro atoms. The molecule has 22 heavy (non-hydrogen) atoms. The van der Waals surface area contributed by atoms with Crippen molar-refractivity contribution in [2.24, 2.45) is 5.10 Å². The molecule has 0 radical (unpaired) electrons.